The Balaban J connectivity index is 1.50. The number of hydrogen-bond donors (Lipinski definition) is 2. The first-order chi connectivity index (χ1) is 20.9. The molecule has 2 heterocycles. The van der Waals surface area contributed by atoms with Gasteiger partial charge in [-0.15, -0.1) is 0 Å². The summed E-state index contributed by atoms with van der Waals surface area (Å²) in [5.74, 6) is -0.0393. The number of anilines is 1. The number of nitrogen functional groups attached to an aromatic ring is 1. The minimum absolute atomic E-state index is 0.0388. The fraction of sp³-hybridized carbons (Fsp3) is 0.833. The van der Waals surface area contributed by atoms with E-state index in [1.807, 2.05) is 6.92 Å². The first-order valence-corrected chi connectivity index (χ1v) is 18.0. The van der Waals surface area contributed by atoms with E-state index in [1.165, 1.54) is 89.8 Å². The summed E-state index contributed by atoms with van der Waals surface area (Å²) in [6, 6.07) is 0. The summed E-state index contributed by atoms with van der Waals surface area (Å²) in [5, 5.41) is 0. The summed E-state index contributed by atoms with van der Waals surface area (Å²) in [6.45, 7) is 6.01. The molecule has 0 radical (unpaired) electrons. The lowest BCUT2D eigenvalue weighted by Gasteiger charge is -2.26. The zero-order valence-corrected chi connectivity index (χ0v) is 27.3. The molecule has 0 fully saturated rings. The van der Waals surface area contributed by atoms with E-state index < -0.39 is 25.6 Å². The first kappa shape index (κ1) is 37.4. The summed E-state index contributed by atoms with van der Waals surface area (Å²) < 4.78 is 35.8. The average Bonchev–Trinajstić information content (AvgIpc) is 3.38. The van der Waals surface area contributed by atoms with Crippen molar-refractivity contribution in [3.63, 3.8) is 0 Å². The third-order valence-electron chi connectivity index (χ3n) is 7.23. The number of nitrogens with one attached hydrogen (secondary N) is 1. The molecule has 248 valence electrons. The van der Waals surface area contributed by atoms with Crippen molar-refractivity contribution in [1.82, 2.24) is 19.5 Å². The number of nitrogens with zero attached hydrogens (tertiary/aromatic N) is 3. The van der Waals surface area contributed by atoms with Crippen molar-refractivity contribution >= 4 is 24.7 Å². The number of ether oxygens (including phenoxy) is 3. The molecule has 0 aromatic carbocycles. The lowest BCUT2D eigenvalue weighted by atomic mass is 10.0. The van der Waals surface area contributed by atoms with Gasteiger partial charge >= 0.3 is 0 Å². The SMILES string of the molecule is CCCCCCCCCCCCCCCCOCCCOP(=O)([O-])COC(COCC)Cn1cnc2c(=O)[nH]c(N)nc21. The molecule has 0 saturated heterocycles. The van der Waals surface area contributed by atoms with Gasteiger partial charge in [-0.05, 0) is 19.8 Å². The highest BCUT2D eigenvalue weighted by atomic mass is 31.2. The standard InChI is InChI=1S/C30H56N5O7P/c1-3-5-6-7-8-9-10-11-12-13-14-15-16-17-19-40-20-18-21-42-43(37,38)25-41-26(23-39-4-2)22-35-24-32-27-28(35)33-30(31)34-29(27)36/h24,26H,3-23,25H2,1-2H3,(H,37,38)(H3,31,33,34,36)/p-1. The van der Waals surface area contributed by atoms with Crippen LogP contribution in [0.3, 0.4) is 0 Å². The summed E-state index contributed by atoms with van der Waals surface area (Å²) >= 11 is 0. The molecular formula is C30H55N5O7P-. The molecule has 2 unspecified atom stereocenters. The van der Waals surface area contributed by atoms with Crippen LogP contribution in [-0.4, -0.2) is 65.0 Å². The smallest absolute Gasteiger partial charge is 0.280 e. The van der Waals surface area contributed by atoms with Crippen LogP contribution in [0.5, 0.6) is 0 Å². The Bertz CT molecular complexity index is 1100. The van der Waals surface area contributed by atoms with Gasteiger partial charge in [0.1, 0.15) is 6.35 Å². The fourth-order valence-corrected chi connectivity index (χ4v) is 5.70. The van der Waals surface area contributed by atoms with Gasteiger partial charge in [0.25, 0.3) is 5.56 Å². The van der Waals surface area contributed by atoms with E-state index in [0.29, 0.717) is 26.2 Å². The molecule has 0 saturated carbocycles. The largest absolute Gasteiger partial charge is 0.777 e. The van der Waals surface area contributed by atoms with E-state index in [2.05, 4.69) is 21.9 Å². The number of fused-ring (bicyclic) bond motifs is 1. The Morgan fingerprint density at radius 1 is 0.907 bits per heavy atom. The average molecular weight is 629 g/mol. The van der Waals surface area contributed by atoms with Crippen LogP contribution in [-0.2, 0) is 29.8 Å². The predicted molar refractivity (Wildman–Crippen MR) is 168 cm³/mol. The number of rotatable bonds is 28. The Hall–Kier alpha value is -1.82. The van der Waals surface area contributed by atoms with Gasteiger partial charge in [0, 0.05) is 19.8 Å². The number of hydrogen-bond acceptors (Lipinski definition) is 10. The monoisotopic (exact) mass is 628 g/mol. The molecule has 2 aromatic rings. The van der Waals surface area contributed by atoms with E-state index in [0.717, 1.165) is 6.42 Å². The molecule has 0 bridgehead atoms. The topological polar surface area (TPSA) is 167 Å². The minimum Gasteiger partial charge on any atom is -0.777 e. The van der Waals surface area contributed by atoms with Gasteiger partial charge in [0.05, 0.1) is 32.2 Å². The number of H-pyrrole nitrogens is 1. The maximum Gasteiger partial charge on any atom is 0.280 e. The van der Waals surface area contributed by atoms with Crippen molar-refractivity contribution in [2.24, 2.45) is 0 Å². The molecule has 0 aliphatic rings. The summed E-state index contributed by atoms with van der Waals surface area (Å²) in [5.41, 5.74) is 5.61. The van der Waals surface area contributed by atoms with Crippen LogP contribution < -0.4 is 16.2 Å². The van der Waals surface area contributed by atoms with Crippen LogP contribution in [0.4, 0.5) is 5.95 Å². The van der Waals surface area contributed by atoms with Crippen LogP contribution in [0, 0.1) is 0 Å². The van der Waals surface area contributed by atoms with E-state index in [9.17, 15) is 14.3 Å². The Morgan fingerprint density at radius 2 is 1.51 bits per heavy atom. The van der Waals surface area contributed by atoms with Crippen LogP contribution in [0.15, 0.2) is 11.1 Å². The predicted octanol–water partition coefficient (Wildman–Crippen LogP) is 5.54. The molecule has 2 aromatic heterocycles. The quantitative estimate of drug-likeness (QED) is 0.0902. The number of aromatic nitrogens is 4. The lowest BCUT2D eigenvalue weighted by molar-refractivity contribution is -0.206. The van der Waals surface area contributed by atoms with Crippen molar-refractivity contribution in [2.75, 3.05) is 45.1 Å². The number of nitrogens with two attached hydrogens (primary N) is 1. The maximum absolute atomic E-state index is 12.4. The molecule has 0 aliphatic carbocycles. The highest BCUT2D eigenvalue weighted by Crippen LogP contribution is 2.37. The van der Waals surface area contributed by atoms with Crippen molar-refractivity contribution < 1.29 is 28.2 Å². The normalized spacial score (nSPS) is 13.9. The van der Waals surface area contributed by atoms with Crippen LogP contribution in [0.2, 0.25) is 0 Å². The van der Waals surface area contributed by atoms with Crippen molar-refractivity contribution in [2.45, 2.75) is 123 Å². The van der Waals surface area contributed by atoms with Gasteiger partial charge in [-0.25, -0.2) is 4.98 Å². The van der Waals surface area contributed by atoms with Gasteiger partial charge in [-0.2, -0.15) is 4.98 Å². The summed E-state index contributed by atoms with van der Waals surface area (Å²) in [6.07, 6.45) is 19.1. The summed E-state index contributed by atoms with van der Waals surface area (Å²) in [4.78, 5) is 35.0. The number of aromatic amines is 1. The van der Waals surface area contributed by atoms with Crippen molar-refractivity contribution in [3.8, 4) is 0 Å². The molecule has 43 heavy (non-hydrogen) atoms. The molecule has 13 heteroatoms. The van der Waals surface area contributed by atoms with E-state index >= 15 is 0 Å². The van der Waals surface area contributed by atoms with Crippen molar-refractivity contribution in [3.05, 3.63) is 16.7 Å². The van der Waals surface area contributed by atoms with Crippen LogP contribution in [0.25, 0.3) is 11.2 Å². The zero-order valence-electron chi connectivity index (χ0n) is 26.4. The highest BCUT2D eigenvalue weighted by Gasteiger charge is 2.18. The lowest BCUT2D eigenvalue weighted by Crippen LogP contribution is -2.28. The molecule has 0 spiro atoms. The van der Waals surface area contributed by atoms with Gasteiger partial charge in [0.2, 0.25) is 5.95 Å². The van der Waals surface area contributed by atoms with Gasteiger partial charge in [-0.1, -0.05) is 90.4 Å². The zero-order chi connectivity index (χ0) is 31.2. The highest BCUT2D eigenvalue weighted by molar-refractivity contribution is 7.51. The number of unbranched alkanes of at least 4 members (excludes halogenated alkanes) is 13. The van der Waals surface area contributed by atoms with Crippen molar-refractivity contribution in [1.29, 1.82) is 0 Å². The molecule has 0 aliphatic heterocycles. The third kappa shape index (κ3) is 16.7. The van der Waals surface area contributed by atoms with E-state index in [1.54, 1.807) is 4.57 Å². The van der Waals surface area contributed by atoms with Gasteiger partial charge in [-0.3, -0.25) is 9.78 Å². The van der Waals surface area contributed by atoms with Gasteiger partial charge < -0.3 is 38.5 Å². The van der Waals surface area contributed by atoms with Gasteiger partial charge in [0.15, 0.2) is 18.8 Å². The second-order valence-electron chi connectivity index (χ2n) is 11.1. The van der Waals surface area contributed by atoms with E-state index in [4.69, 9.17) is 24.5 Å². The Kier molecular flexibility index (Phi) is 19.7. The Labute approximate surface area is 257 Å². The second kappa shape index (κ2) is 22.7. The second-order valence-corrected chi connectivity index (χ2v) is 12.8. The molecule has 0 amide bonds. The molecule has 12 nitrogen and oxygen atoms in total. The maximum atomic E-state index is 12.4. The minimum atomic E-state index is -4.22. The Morgan fingerprint density at radius 3 is 2.14 bits per heavy atom. The summed E-state index contributed by atoms with van der Waals surface area (Å²) in [7, 11) is -4.22. The van der Waals surface area contributed by atoms with Crippen LogP contribution in [0.1, 0.15) is 110 Å². The molecular weight excluding hydrogens is 573 g/mol. The molecule has 2 rings (SSSR count). The van der Waals surface area contributed by atoms with E-state index in [-0.39, 0.29) is 36.9 Å². The fourth-order valence-electron chi connectivity index (χ4n) is 4.83. The molecule has 2 atom stereocenters. The third-order valence-corrected chi connectivity index (χ3v) is 8.27. The van der Waals surface area contributed by atoms with Crippen LogP contribution >= 0.6 is 7.60 Å². The first-order valence-electron chi connectivity index (χ1n) is 16.3. The number of imidazole rings is 1. The molecule has 3 N–H and O–H groups in total.